The maximum atomic E-state index is 5.85. The van der Waals surface area contributed by atoms with E-state index in [1.165, 1.54) is 0 Å². The molecule has 0 aliphatic carbocycles. The van der Waals surface area contributed by atoms with Gasteiger partial charge in [0.15, 0.2) is 0 Å². The molecule has 0 amide bonds. The predicted molar refractivity (Wildman–Crippen MR) is 75.0 cm³/mol. The van der Waals surface area contributed by atoms with Crippen LogP contribution < -0.4 is 10.1 Å². The molecule has 0 atom stereocenters. The minimum absolute atomic E-state index is 0.0887. The van der Waals surface area contributed by atoms with Gasteiger partial charge in [0, 0.05) is 30.6 Å². The number of ether oxygens (including phenoxy) is 1. The fourth-order valence-electron chi connectivity index (χ4n) is 1.55. The summed E-state index contributed by atoms with van der Waals surface area (Å²) in [4.78, 5) is 0. The predicted octanol–water partition coefficient (Wildman–Crippen LogP) is 2.52. The summed E-state index contributed by atoms with van der Waals surface area (Å²) in [5, 5.41) is 7.79. The number of aryl methyl sites for hydroxylation is 2. The Balaban J connectivity index is 2.48. The van der Waals surface area contributed by atoms with Crippen molar-refractivity contribution in [3.8, 4) is 5.88 Å². The van der Waals surface area contributed by atoms with E-state index in [0.29, 0.717) is 6.61 Å². The molecule has 0 radical (unpaired) electrons. The second-order valence-corrected chi connectivity index (χ2v) is 6.80. The summed E-state index contributed by atoms with van der Waals surface area (Å²) in [7, 11) is 1.91. The highest BCUT2D eigenvalue weighted by molar-refractivity contribution is 5.14. The smallest absolute Gasteiger partial charge is 0.211 e. The van der Waals surface area contributed by atoms with Crippen molar-refractivity contribution in [2.75, 3.05) is 13.2 Å². The lowest BCUT2D eigenvalue weighted by Crippen LogP contribution is -2.43. The van der Waals surface area contributed by atoms with Crippen LogP contribution in [-0.2, 0) is 7.05 Å². The molecule has 0 aliphatic rings. The lowest BCUT2D eigenvalue weighted by atomic mass is 9.93. The van der Waals surface area contributed by atoms with Crippen molar-refractivity contribution in [2.45, 2.75) is 47.1 Å². The van der Waals surface area contributed by atoms with Crippen LogP contribution in [0.1, 0.15) is 40.3 Å². The van der Waals surface area contributed by atoms with Gasteiger partial charge in [-0.1, -0.05) is 13.8 Å². The fraction of sp³-hybridized carbons (Fsp3) is 0.786. The summed E-state index contributed by atoms with van der Waals surface area (Å²) in [6.07, 6.45) is 0. The van der Waals surface area contributed by atoms with Crippen LogP contribution in [0.2, 0.25) is 0 Å². The van der Waals surface area contributed by atoms with Crippen LogP contribution in [0.5, 0.6) is 5.88 Å². The summed E-state index contributed by atoms with van der Waals surface area (Å²) in [6, 6.07) is 1.97. The lowest BCUT2D eigenvalue weighted by Gasteiger charge is -2.30. The van der Waals surface area contributed by atoms with E-state index in [4.69, 9.17) is 4.74 Å². The van der Waals surface area contributed by atoms with Crippen LogP contribution in [0.3, 0.4) is 0 Å². The average Bonchev–Trinajstić information content (AvgIpc) is 2.51. The van der Waals surface area contributed by atoms with E-state index >= 15 is 0 Å². The van der Waals surface area contributed by atoms with Crippen LogP contribution in [0.4, 0.5) is 0 Å². The molecule has 0 aromatic carbocycles. The minimum Gasteiger partial charge on any atom is -0.477 e. The quantitative estimate of drug-likeness (QED) is 0.876. The lowest BCUT2D eigenvalue weighted by molar-refractivity contribution is 0.156. The van der Waals surface area contributed by atoms with E-state index in [0.717, 1.165) is 18.1 Å². The third-order valence-corrected chi connectivity index (χ3v) is 2.67. The molecule has 4 heteroatoms. The number of nitrogens with one attached hydrogen (secondary N) is 1. The second kappa shape index (κ2) is 5.31. The molecule has 1 N–H and O–H groups in total. The topological polar surface area (TPSA) is 39.1 Å². The van der Waals surface area contributed by atoms with Crippen molar-refractivity contribution in [1.29, 1.82) is 0 Å². The third kappa shape index (κ3) is 5.08. The Hall–Kier alpha value is -1.03. The van der Waals surface area contributed by atoms with E-state index < -0.39 is 0 Å². The zero-order valence-corrected chi connectivity index (χ0v) is 12.8. The van der Waals surface area contributed by atoms with E-state index in [9.17, 15) is 0 Å². The van der Waals surface area contributed by atoms with Gasteiger partial charge in [0.25, 0.3) is 0 Å². The van der Waals surface area contributed by atoms with Crippen molar-refractivity contribution in [3.05, 3.63) is 11.8 Å². The Morgan fingerprint density at radius 1 is 1.28 bits per heavy atom. The standard InChI is InChI=1S/C14H27N3O/c1-11-8-12(17(7)16-11)18-10-14(5,6)9-15-13(2,3)4/h8,15H,9-10H2,1-7H3. The molecule has 0 saturated carbocycles. The van der Waals surface area contributed by atoms with E-state index in [2.05, 4.69) is 45.0 Å². The van der Waals surface area contributed by atoms with Gasteiger partial charge in [-0.05, 0) is 27.7 Å². The molecule has 4 nitrogen and oxygen atoms in total. The first-order chi connectivity index (χ1) is 8.09. The van der Waals surface area contributed by atoms with Crippen LogP contribution in [0, 0.1) is 12.3 Å². The van der Waals surface area contributed by atoms with Crippen molar-refractivity contribution in [1.82, 2.24) is 15.1 Å². The normalized spacial score (nSPS) is 12.8. The van der Waals surface area contributed by atoms with Gasteiger partial charge in [0.2, 0.25) is 5.88 Å². The molecule has 1 aromatic rings. The van der Waals surface area contributed by atoms with Gasteiger partial charge in [0.05, 0.1) is 12.3 Å². The Morgan fingerprint density at radius 3 is 2.33 bits per heavy atom. The number of rotatable bonds is 5. The Bertz CT molecular complexity index is 388. The number of hydrogen-bond acceptors (Lipinski definition) is 3. The van der Waals surface area contributed by atoms with Crippen molar-refractivity contribution < 1.29 is 4.74 Å². The number of hydrogen-bond donors (Lipinski definition) is 1. The largest absolute Gasteiger partial charge is 0.477 e. The Morgan fingerprint density at radius 2 is 1.89 bits per heavy atom. The molecule has 1 aromatic heterocycles. The monoisotopic (exact) mass is 253 g/mol. The molecule has 0 spiro atoms. The van der Waals surface area contributed by atoms with Crippen molar-refractivity contribution >= 4 is 0 Å². The first-order valence-electron chi connectivity index (χ1n) is 6.48. The number of aromatic nitrogens is 2. The van der Waals surface area contributed by atoms with Crippen molar-refractivity contribution in [3.63, 3.8) is 0 Å². The molecular weight excluding hydrogens is 226 g/mol. The molecule has 1 heterocycles. The molecule has 0 saturated heterocycles. The summed E-state index contributed by atoms with van der Waals surface area (Å²) < 4.78 is 7.63. The van der Waals surface area contributed by atoms with Crippen LogP contribution in [0.15, 0.2) is 6.07 Å². The van der Waals surface area contributed by atoms with Crippen LogP contribution in [-0.4, -0.2) is 28.5 Å². The van der Waals surface area contributed by atoms with Crippen LogP contribution in [0.25, 0.3) is 0 Å². The van der Waals surface area contributed by atoms with E-state index in [1.54, 1.807) is 4.68 Å². The molecule has 104 valence electrons. The minimum atomic E-state index is 0.0887. The maximum absolute atomic E-state index is 5.85. The van der Waals surface area contributed by atoms with Crippen LogP contribution >= 0.6 is 0 Å². The van der Waals surface area contributed by atoms with Gasteiger partial charge in [-0.15, -0.1) is 0 Å². The third-order valence-electron chi connectivity index (χ3n) is 2.67. The van der Waals surface area contributed by atoms with E-state index in [-0.39, 0.29) is 11.0 Å². The van der Waals surface area contributed by atoms with Gasteiger partial charge >= 0.3 is 0 Å². The Labute approximate surface area is 111 Å². The molecule has 0 fully saturated rings. The molecule has 1 rings (SSSR count). The molecular formula is C14H27N3O. The zero-order chi connectivity index (χ0) is 14.0. The summed E-state index contributed by atoms with van der Waals surface area (Å²) in [5.41, 5.74) is 1.21. The van der Waals surface area contributed by atoms with Gasteiger partial charge in [-0.25, -0.2) is 4.68 Å². The highest BCUT2D eigenvalue weighted by atomic mass is 16.5. The van der Waals surface area contributed by atoms with Gasteiger partial charge in [0.1, 0.15) is 0 Å². The molecule has 0 unspecified atom stereocenters. The highest BCUT2D eigenvalue weighted by Gasteiger charge is 2.22. The van der Waals surface area contributed by atoms with Gasteiger partial charge in [-0.3, -0.25) is 0 Å². The zero-order valence-electron chi connectivity index (χ0n) is 12.8. The first kappa shape index (κ1) is 15.0. The maximum Gasteiger partial charge on any atom is 0.211 e. The summed E-state index contributed by atoms with van der Waals surface area (Å²) >= 11 is 0. The average molecular weight is 253 g/mol. The molecule has 18 heavy (non-hydrogen) atoms. The summed E-state index contributed by atoms with van der Waals surface area (Å²) in [5.74, 6) is 0.830. The highest BCUT2D eigenvalue weighted by Crippen LogP contribution is 2.19. The van der Waals surface area contributed by atoms with E-state index in [1.807, 2.05) is 20.0 Å². The molecule has 0 aliphatic heterocycles. The Kier molecular flexibility index (Phi) is 4.43. The molecule has 0 bridgehead atoms. The van der Waals surface area contributed by atoms with Gasteiger partial charge in [-0.2, -0.15) is 5.10 Å². The SMILES string of the molecule is Cc1cc(OCC(C)(C)CNC(C)(C)C)n(C)n1. The van der Waals surface area contributed by atoms with Gasteiger partial charge < -0.3 is 10.1 Å². The summed E-state index contributed by atoms with van der Waals surface area (Å²) in [6.45, 7) is 14.5. The van der Waals surface area contributed by atoms with Crippen molar-refractivity contribution in [2.24, 2.45) is 12.5 Å². The first-order valence-corrected chi connectivity index (χ1v) is 6.48. The number of nitrogens with zero attached hydrogens (tertiary/aromatic N) is 2. The fourth-order valence-corrected chi connectivity index (χ4v) is 1.55. The second-order valence-electron chi connectivity index (χ2n) is 6.80.